The zero-order valence-corrected chi connectivity index (χ0v) is 18.1. The van der Waals surface area contributed by atoms with Gasteiger partial charge in [-0.05, 0) is 40.0 Å². The highest BCUT2D eigenvalue weighted by Gasteiger charge is 2.27. The summed E-state index contributed by atoms with van der Waals surface area (Å²) < 4.78 is 27.9. The lowest BCUT2D eigenvalue weighted by molar-refractivity contribution is 0.306. The van der Waals surface area contributed by atoms with E-state index in [0.717, 1.165) is 42.3 Å². The third-order valence-electron chi connectivity index (χ3n) is 5.05. The molecule has 0 bridgehead atoms. The van der Waals surface area contributed by atoms with Crippen molar-refractivity contribution in [2.24, 2.45) is 12.0 Å². The van der Waals surface area contributed by atoms with Crippen LogP contribution in [0.3, 0.4) is 0 Å². The summed E-state index contributed by atoms with van der Waals surface area (Å²) in [4.78, 5) is 4.72. The standard InChI is InChI=1S/C18H34N6O2S/c1-6-12-27(25,26)24-10-8-16(9-11-24)21-18(19-7-2)20-13-17-14(3)22-23(5)15(17)4/h16H,6-13H2,1-5H3,(H2,19,20,21). The lowest BCUT2D eigenvalue weighted by Gasteiger charge is -2.32. The van der Waals surface area contributed by atoms with E-state index >= 15 is 0 Å². The minimum atomic E-state index is -3.10. The largest absolute Gasteiger partial charge is 0.357 e. The van der Waals surface area contributed by atoms with Crippen LogP contribution in [0.2, 0.25) is 0 Å². The molecule has 1 aromatic heterocycles. The summed E-state index contributed by atoms with van der Waals surface area (Å²) in [6.07, 6.45) is 2.24. The maximum atomic E-state index is 12.2. The first-order valence-electron chi connectivity index (χ1n) is 9.80. The second-order valence-electron chi connectivity index (χ2n) is 7.10. The van der Waals surface area contributed by atoms with Crippen molar-refractivity contribution >= 4 is 16.0 Å². The van der Waals surface area contributed by atoms with Crippen molar-refractivity contribution in [2.75, 3.05) is 25.4 Å². The fourth-order valence-corrected chi connectivity index (χ4v) is 4.92. The Hall–Kier alpha value is -1.61. The number of aliphatic imine (C=N–C) groups is 1. The molecule has 1 fully saturated rings. The number of nitrogens with zero attached hydrogens (tertiary/aromatic N) is 4. The number of aryl methyl sites for hydroxylation is 2. The molecule has 0 spiro atoms. The van der Waals surface area contributed by atoms with Gasteiger partial charge >= 0.3 is 0 Å². The van der Waals surface area contributed by atoms with Gasteiger partial charge in [-0.15, -0.1) is 0 Å². The van der Waals surface area contributed by atoms with Crippen LogP contribution in [-0.2, 0) is 23.6 Å². The Morgan fingerprint density at radius 2 is 1.93 bits per heavy atom. The van der Waals surface area contributed by atoms with E-state index in [1.54, 1.807) is 4.31 Å². The first-order chi connectivity index (χ1) is 12.8. The van der Waals surface area contributed by atoms with Gasteiger partial charge in [-0.2, -0.15) is 5.10 Å². The molecule has 154 valence electrons. The van der Waals surface area contributed by atoms with Gasteiger partial charge in [-0.3, -0.25) is 4.68 Å². The average Bonchev–Trinajstić information content (AvgIpc) is 2.85. The molecule has 2 N–H and O–H groups in total. The van der Waals surface area contributed by atoms with Gasteiger partial charge in [0.05, 0.1) is 18.0 Å². The predicted octanol–water partition coefficient (Wildman–Crippen LogP) is 1.30. The second-order valence-corrected chi connectivity index (χ2v) is 9.19. The molecule has 0 aliphatic carbocycles. The lowest BCUT2D eigenvalue weighted by atomic mass is 10.1. The molecule has 27 heavy (non-hydrogen) atoms. The van der Waals surface area contributed by atoms with E-state index in [2.05, 4.69) is 22.7 Å². The average molecular weight is 399 g/mol. The van der Waals surface area contributed by atoms with Crippen molar-refractivity contribution in [2.45, 2.75) is 59.5 Å². The fourth-order valence-electron chi connectivity index (χ4n) is 3.38. The third kappa shape index (κ3) is 5.68. The van der Waals surface area contributed by atoms with Gasteiger partial charge in [-0.25, -0.2) is 17.7 Å². The SMILES string of the molecule is CCCS(=O)(=O)N1CCC(NC(=NCc2c(C)nn(C)c2C)NCC)CC1. The van der Waals surface area contributed by atoms with Crippen LogP contribution in [0, 0.1) is 13.8 Å². The molecule has 9 heteroatoms. The normalized spacial score (nSPS) is 17.3. The molecule has 1 aliphatic heterocycles. The summed E-state index contributed by atoms with van der Waals surface area (Å²) in [5, 5.41) is 11.2. The van der Waals surface area contributed by atoms with E-state index in [4.69, 9.17) is 4.99 Å². The summed E-state index contributed by atoms with van der Waals surface area (Å²) in [7, 11) is -1.15. The van der Waals surface area contributed by atoms with Crippen molar-refractivity contribution in [1.29, 1.82) is 0 Å². The topological polar surface area (TPSA) is 91.6 Å². The van der Waals surface area contributed by atoms with Crippen LogP contribution in [0.15, 0.2) is 4.99 Å². The Bertz CT molecular complexity index is 748. The Labute approximate surface area is 163 Å². The van der Waals surface area contributed by atoms with Gasteiger partial charge in [0.15, 0.2) is 5.96 Å². The molecule has 8 nitrogen and oxygen atoms in total. The van der Waals surface area contributed by atoms with E-state index in [1.165, 1.54) is 0 Å². The zero-order chi connectivity index (χ0) is 20.0. The summed E-state index contributed by atoms with van der Waals surface area (Å²) in [5.74, 6) is 1.01. The van der Waals surface area contributed by atoms with Crippen molar-refractivity contribution < 1.29 is 8.42 Å². The molecule has 1 saturated heterocycles. The van der Waals surface area contributed by atoms with Crippen molar-refractivity contribution in [3.05, 3.63) is 17.0 Å². The molecule has 1 aliphatic rings. The molecule has 0 unspecified atom stereocenters. The molecule has 1 aromatic rings. The maximum Gasteiger partial charge on any atom is 0.214 e. The highest BCUT2D eigenvalue weighted by atomic mass is 32.2. The van der Waals surface area contributed by atoms with Gasteiger partial charge in [0.25, 0.3) is 0 Å². The van der Waals surface area contributed by atoms with Crippen molar-refractivity contribution in [3.8, 4) is 0 Å². The van der Waals surface area contributed by atoms with Crippen LogP contribution < -0.4 is 10.6 Å². The van der Waals surface area contributed by atoms with Crippen LogP contribution in [0.1, 0.15) is 50.1 Å². The maximum absolute atomic E-state index is 12.2. The Morgan fingerprint density at radius 1 is 1.26 bits per heavy atom. The molecule has 0 saturated carbocycles. The Morgan fingerprint density at radius 3 is 2.44 bits per heavy atom. The molecule has 0 atom stereocenters. The van der Waals surface area contributed by atoms with E-state index < -0.39 is 10.0 Å². The van der Waals surface area contributed by atoms with Crippen molar-refractivity contribution in [3.63, 3.8) is 0 Å². The smallest absolute Gasteiger partial charge is 0.214 e. The molecule has 0 aromatic carbocycles. The first kappa shape index (κ1) is 21.7. The van der Waals surface area contributed by atoms with Gasteiger partial charge in [0.1, 0.15) is 0 Å². The van der Waals surface area contributed by atoms with Crippen molar-refractivity contribution in [1.82, 2.24) is 24.7 Å². The minimum absolute atomic E-state index is 0.229. The van der Waals surface area contributed by atoms with Crippen LogP contribution in [0.5, 0.6) is 0 Å². The first-order valence-corrected chi connectivity index (χ1v) is 11.4. The Balaban J connectivity index is 1.97. The van der Waals surface area contributed by atoms with Gasteiger partial charge in [0.2, 0.25) is 10.0 Å². The number of hydrogen-bond donors (Lipinski definition) is 2. The third-order valence-corrected chi connectivity index (χ3v) is 7.12. The van der Waals surface area contributed by atoms with E-state index in [9.17, 15) is 8.42 Å². The molecule has 0 amide bonds. The highest BCUT2D eigenvalue weighted by Crippen LogP contribution is 2.16. The van der Waals surface area contributed by atoms with E-state index in [-0.39, 0.29) is 11.8 Å². The fraction of sp³-hybridized carbons (Fsp3) is 0.778. The predicted molar refractivity (Wildman–Crippen MR) is 109 cm³/mol. The molecular weight excluding hydrogens is 364 g/mol. The van der Waals surface area contributed by atoms with E-state index in [1.807, 2.05) is 32.5 Å². The summed E-state index contributed by atoms with van der Waals surface area (Å²) >= 11 is 0. The molecule has 2 heterocycles. The van der Waals surface area contributed by atoms with Crippen LogP contribution >= 0.6 is 0 Å². The molecule has 2 rings (SSSR count). The second kappa shape index (κ2) is 9.54. The number of hydrogen-bond acceptors (Lipinski definition) is 4. The number of nitrogens with one attached hydrogen (secondary N) is 2. The molecule has 0 radical (unpaired) electrons. The number of piperidine rings is 1. The highest BCUT2D eigenvalue weighted by molar-refractivity contribution is 7.89. The number of sulfonamides is 1. The Kier molecular flexibility index (Phi) is 7.67. The minimum Gasteiger partial charge on any atom is -0.357 e. The van der Waals surface area contributed by atoms with Crippen LogP contribution in [0.4, 0.5) is 0 Å². The number of aromatic nitrogens is 2. The molecular formula is C18H34N6O2S. The lowest BCUT2D eigenvalue weighted by Crippen LogP contribution is -2.50. The van der Waals surface area contributed by atoms with Gasteiger partial charge in [-0.1, -0.05) is 6.92 Å². The van der Waals surface area contributed by atoms with E-state index in [0.29, 0.717) is 26.1 Å². The zero-order valence-electron chi connectivity index (χ0n) is 17.2. The quantitative estimate of drug-likeness (QED) is 0.533. The number of guanidine groups is 1. The van der Waals surface area contributed by atoms with Gasteiger partial charge < -0.3 is 10.6 Å². The van der Waals surface area contributed by atoms with Crippen LogP contribution in [-0.4, -0.2) is 59.9 Å². The number of rotatable bonds is 7. The van der Waals surface area contributed by atoms with Gasteiger partial charge in [0, 0.05) is 44.0 Å². The van der Waals surface area contributed by atoms with Crippen LogP contribution in [0.25, 0.3) is 0 Å². The summed E-state index contributed by atoms with van der Waals surface area (Å²) in [6, 6.07) is 0.229. The monoisotopic (exact) mass is 398 g/mol. The summed E-state index contributed by atoms with van der Waals surface area (Å²) in [5.41, 5.74) is 3.28. The summed E-state index contributed by atoms with van der Waals surface area (Å²) in [6.45, 7) is 10.5.